The summed E-state index contributed by atoms with van der Waals surface area (Å²) in [5.74, 6) is 1.84. The second kappa shape index (κ2) is 6.07. The number of aromatic nitrogens is 2. The molecule has 1 saturated heterocycles. The van der Waals surface area contributed by atoms with Crippen LogP contribution in [0.2, 0.25) is 0 Å². The summed E-state index contributed by atoms with van der Waals surface area (Å²) in [4.78, 5) is 25.8. The zero-order chi connectivity index (χ0) is 16.6. The Morgan fingerprint density at radius 2 is 2.00 bits per heavy atom. The van der Waals surface area contributed by atoms with E-state index in [2.05, 4.69) is 30.7 Å². The number of carbonyl (C=O) groups excluding carboxylic acids is 1. The van der Waals surface area contributed by atoms with Gasteiger partial charge in [0.05, 0.1) is 18.8 Å². The molecular formula is C17H26N4O2. The SMILES string of the molecule is COCc1cc(N2CCN(C3CC3)C(=O)C2)nc(C(C)(C)C)n1. The highest BCUT2D eigenvalue weighted by atomic mass is 16.5. The molecule has 1 aromatic rings. The molecule has 0 unspecified atom stereocenters. The number of hydrogen-bond acceptors (Lipinski definition) is 5. The molecular weight excluding hydrogens is 292 g/mol. The Morgan fingerprint density at radius 3 is 2.57 bits per heavy atom. The molecule has 126 valence electrons. The maximum Gasteiger partial charge on any atom is 0.242 e. The molecule has 0 bridgehead atoms. The molecule has 0 N–H and O–H groups in total. The second-order valence-electron chi connectivity index (χ2n) is 7.46. The Hall–Kier alpha value is -1.69. The number of methoxy groups -OCH3 is 1. The quantitative estimate of drug-likeness (QED) is 0.846. The second-order valence-corrected chi connectivity index (χ2v) is 7.46. The smallest absolute Gasteiger partial charge is 0.242 e. The van der Waals surface area contributed by atoms with Crippen molar-refractivity contribution >= 4 is 11.7 Å². The summed E-state index contributed by atoms with van der Waals surface area (Å²) in [5, 5.41) is 0. The molecule has 0 radical (unpaired) electrons. The van der Waals surface area contributed by atoms with E-state index < -0.39 is 0 Å². The largest absolute Gasteiger partial charge is 0.378 e. The van der Waals surface area contributed by atoms with Crippen LogP contribution in [0.15, 0.2) is 6.07 Å². The first kappa shape index (κ1) is 16.2. The maximum absolute atomic E-state index is 12.4. The Bertz CT molecular complexity index is 593. The zero-order valence-corrected chi connectivity index (χ0v) is 14.5. The third-order valence-electron chi connectivity index (χ3n) is 4.30. The summed E-state index contributed by atoms with van der Waals surface area (Å²) in [6, 6.07) is 2.43. The van der Waals surface area contributed by atoms with E-state index in [1.165, 1.54) is 0 Å². The van der Waals surface area contributed by atoms with Crippen LogP contribution in [0, 0.1) is 0 Å². The molecule has 2 fully saturated rings. The van der Waals surface area contributed by atoms with Crippen molar-refractivity contribution in [3.63, 3.8) is 0 Å². The molecule has 6 heteroatoms. The van der Waals surface area contributed by atoms with Gasteiger partial charge in [-0.3, -0.25) is 4.79 Å². The first-order chi connectivity index (χ1) is 10.9. The van der Waals surface area contributed by atoms with Crippen LogP contribution in [0.4, 0.5) is 5.82 Å². The van der Waals surface area contributed by atoms with E-state index in [0.717, 1.165) is 43.3 Å². The van der Waals surface area contributed by atoms with Gasteiger partial charge in [0, 0.05) is 37.7 Å². The average Bonchev–Trinajstić information content (AvgIpc) is 3.31. The van der Waals surface area contributed by atoms with Crippen LogP contribution in [0.1, 0.15) is 45.1 Å². The standard InChI is InChI=1S/C17H26N4O2/c1-17(2,3)16-18-12(11-23-4)9-14(19-16)20-7-8-21(13-5-6-13)15(22)10-20/h9,13H,5-8,10-11H2,1-4H3. The molecule has 0 atom stereocenters. The third-order valence-corrected chi connectivity index (χ3v) is 4.30. The molecule has 0 spiro atoms. The van der Waals surface area contributed by atoms with Gasteiger partial charge < -0.3 is 14.5 Å². The van der Waals surface area contributed by atoms with E-state index in [0.29, 0.717) is 19.2 Å². The molecule has 3 rings (SSSR count). The van der Waals surface area contributed by atoms with Crippen LogP contribution in [0.25, 0.3) is 0 Å². The molecule has 0 aromatic carbocycles. The number of piperazine rings is 1. The Kier molecular flexibility index (Phi) is 4.27. The summed E-state index contributed by atoms with van der Waals surface area (Å²) < 4.78 is 5.23. The van der Waals surface area contributed by atoms with E-state index in [-0.39, 0.29) is 11.3 Å². The molecule has 1 aliphatic carbocycles. The molecule has 1 amide bonds. The Labute approximate surface area is 137 Å². The lowest BCUT2D eigenvalue weighted by Crippen LogP contribution is -2.51. The van der Waals surface area contributed by atoms with Crippen molar-refractivity contribution in [1.82, 2.24) is 14.9 Å². The van der Waals surface area contributed by atoms with Crippen molar-refractivity contribution in [2.24, 2.45) is 0 Å². The minimum absolute atomic E-state index is 0.141. The fourth-order valence-corrected chi connectivity index (χ4v) is 2.86. The zero-order valence-electron chi connectivity index (χ0n) is 14.5. The van der Waals surface area contributed by atoms with Gasteiger partial charge in [0.15, 0.2) is 0 Å². The molecule has 6 nitrogen and oxygen atoms in total. The maximum atomic E-state index is 12.4. The first-order valence-corrected chi connectivity index (χ1v) is 8.30. The summed E-state index contributed by atoms with van der Waals surface area (Å²) in [6.45, 7) is 8.77. The number of nitrogens with zero attached hydrogens (tertiary/aromatic N) is 4. The monoisotopic (exact) mass is 318 g/mol. The van der Waals surface area contributed by atoms with Gasteiger partial charge in [0.2, 0.25) is 5.91 Å². The van der Waals surface area contributed by atoms with Crippen LogP contribution >= 0.6 is 0 Å². The average molecular weight is 318 g/mol. The minimum Gasteiger partial charge on any atom is -0.378 e. The highest BCUT2D eigenvalue weighted by molar-refractivity contribution is 5.83. The van der Waals surface area contributed by atoms with Crippen LogP contribution in [-0.2, 0) is 21.6 Å². The first-order valence-electron chi connectivity index (χ1n) is 8.30. The van der Waals surface area contributed by atoms with Crippen molar-refractivity contribution in [2.75, 3.05) is 31.6 Å². The van der Waals surface area contributed by atoms with Crippen molar-refractivity contribution in [1.29, 1.82) is 0 Å². The van der Waals surface area contributed by atoms with E-state index >= 15 is 0 Å². The Balaban J connectivity index is 1.83. The topological polar surface area (TPSA) is 58.6 Å². The molecule has 2 heterocycles. The van der Waals surface area contributed by atoms with Gasteiger partial charge in [-0.2, -0.15) is 0 Å². The fraction of sp³-hybridized carbons (Fsp3) is 0.706. The van der Waals surface area contributed by atoms with Crippen LogP contribution in [0.5, 0.6) is 0 Å². The van der Waals surface area contributed by atoms with E-state index in [4.69, 9.17) is 9.72 Å². The van der Waals surface area contributed by atoms with Gasteiger partial charge in [-0.15, -0.1) is 0 Å². The van der Waals surface area contributed by atoms with Crippen molar-refractivity contribution < 1.29 is 9.53 Å². The number of hydrogen-bond donors (Lipinski definition) is 0. The van der Waals surface area contributed by atoms with Crippen LogP contribution in [0.3, 0.4) is 0 Å². The lowest BCUT2D eigenvalue weighted by atomic mass is 9.95. The summed E-state index contributed by atoms with van der Waals surface area (Å²) in [5.41, 5.74) is 0.720. The molecule has 1 aromatic heterocycles. The summed E-state index contributed by atoms with van der Waals surface area (Å²) >= 11 is 0. The predicted octanol–water partition coefficient (Wildman–Crippen LogP) is 1.73. The third kappa shape index (κ3) is 3.63. The highest BCUT2D eigenvalue weighted by Crippen LogP contribution is 2.29. The minimum atomic E-state index is -0.141. The summed E-state index contributed by atoms with van der Waals surface area (Å²) in [7, 11) is 1.66. The lowest BCUT2D eigenvalue weighted by molar-refractivity contribution is -0.131. The Morgan fingerprint density at radius 1 is 1.26 bits per heavy atom. The van der Waals surface area contributed by atoms with E-state index in [9.17, 15) is 4.79 Å². The van der Waals surface area contributed by atoms with Crippen LogP contribution in [-0.4, -0.2) is 53.6 Å². The molecule has 1 saturated carbocycles. The number of ether oxygens (including phenoxy) is 1. The molecule has 1 aliphatic heterocycles. The molecule has 2 aliphatic rings. The van der Waals surface area contributed by atoms with Crippen molar-refractivity contribution in [3.8, 4) is 0 Å². The van der Waals surface area contributed by atoms with Gasteiger partial charge >= 0.3 is 0 Å². The van der Waals surface area contributed by atoms with Gasteiger partial charge in [-0.05, 0) is 12.8 Å². The summed E-state index contributed by atoms with van der Waals surface area (Å²) in [6.07, 6.45) is 2.32. The van der Waals surface area contributed by atoms with Gasteiger partial charge in [-0.25, -0.2) is 9.97 Å². The van der Waals surface area contributed by atoms with Gasteiger partial charge in [0.25, 0.3) is 0 Å². The number of carbonyl (C=O) groups is 1. The van der Waals surface area contributed by atoms with E-state index in [1.54, 1.807) is 7.11 Å². The highest BCUT2D eigenvalue weighted by Gasteiger charge is 2.36. The van der Waals surface area contributed by atoms with Gasteiger partial charge in [0.1, 0.15) is 11.6 Å². The van der Waals surface area contributed by atoms with Crippen LogP contribution < -0.4 is 4.90 Å². The molecule has 23 heavy (non-hydrogen) atoms. The fourth-order valence-electron chi connectivity index (χ4n) is 2.86. The lowest BCUT2D eigenvalue weighted by Gasteiger charge is -2.35. The van der Waals surface area contributed by atoms with Crippen molar-refractivity contribution in [2.45, 2.75) is 51.7 Å². The predicted molar refractivity (Wildman–Crippen MR) is 88.4 cm³/mol. The normalized spacial score (nSPS) is 19.4. The van der Waals surface area contributed by atoms with Gasteiger partial charge in [-0.1, -0.05) is 20.8 Å². The number of rotatable bonds is 4. The number of amides is 1. The van der Waals surface area contributed by atoms with E-state index in [1.807, 2.05) is 11.0 Å². The van der Waals surface area contributed by atoms with Crippen molar-refractivity contribution in [3.05, 3.63) is 17.6 Å². The number of anilines is 1.